The lowest BCUT2D eigenvalue weighted by molar-refractivity contribution is -0.100. The average molecular weight is 248 g/mol. The highest BCUT2D eigenvalue weighted by atomic mass is 16.5. The molecule has 1 fully saturated rings. The molecule has 0 radical (unpaired) electrons. The van der Waals surface area contributed by atoms with E-state index in [9.17, 15) is 5.11 Å². The Morgan fingerprint density at radius 3 is 2.83 bits per heavy atom. The summed E-state index contributed by atoms with van der Waals surface area (Å²) in [6.45, 7) is 0.754. The smallest absolute Gasteiger partial charge is 0.122 e. The van der Waals surface area contributed by atoms with Gasteiger partial charge in [-0.15, -0.1) is 0 Å². The molecule has 3 nitrogen and oxygen atoms in total. The minimum atomic E-state index is -0.532. The zero-order chi connectivity index (χ0) is 12.6. The van der Waals surface area contributed by atoms with Gasteiger partial charge in [0.25, 0.3) is 0 Å². The van der Waals surface area contributed by atoms with Crippen molar-refractivity contribution in [2.75, 3.05) is 13.7 Å². The van der Waals surface area contributed by atoms with Crippen LogP contribution in [0.15, 0.2) is 18.2 Å². The number of aliphatic hydroxyl groups is 1. The SMILES string of the molecule is COC1(C(O)c2ccc3c(c2)CCO3)CCCC1. The highest BCUT2D eigenvalue weighted by Crippen LogP contribution is 2.43. The third-order valence-corrected chi connectivity index (χ3v) is 4.38. The zero-order valence-electron chi connectivity index (χ0n) is 10.8. The van der Waals surface area contributed by atoms with E-state index in [-0.39, 0.29) is 5.60 Å². The molecule has 2 aliphatic rings. The van der Waals surface area contributed by atoms with Crippen LogP contribution < -0.4 is 4.74 Å². The van der Waals surface area contributed by atoms with E-state index in [4.69, 9.17) is 9.47 Å². The van der Waals surface area contributed by atoms with Crippen molar-refractivity contribution >= 4 is 0 Å². The predicted octanol–water partition coefficient (Wildman–Crippen LogP) is 2.61. The number of rotatable bonds is 3. The normalized spacial score (nSPS) is 22.6. The quantitative estimate of drug-likeness (QED) is 0.893. The molecule has 3 rings (SSSR count). The molecule has 0 aromatic heterocycles. The van der Waals surface area contributed by atoms with Gasteiger partial charge in [0.15, 0.2) is 0 Å². The highest BCUT2D eigenvalue weighted by Gasteiger charge is 2.41. The summed E-state index contributed by atoms with van der Waals surface area (Å²) in [6, 6.07) is 6.01. The van der Waals surface area contributed by atoms with Crippen LogP contribution in [0.2, 0.25) is 0 Å². The maximum Gasteiger partial charge on any atom is 0.122 e. The van der Waals surface area contributed by atoms with Gasteiger partial charge in [-0.05, 0) is 36.1 Å². The summed E-state index contributed by atoms with van der Waals surface area (Å²) in [7, 11) is 1.71. The van der Waals surface area contributed by atoms with Crippen LogP contribution >= 0.6 is 0 Å². The molecule has 1 aliphatic carbocycles. The van der Waals surface area contributed by atoms with Crippen LogP contribution in [0.4, 0.5) is 0 Å². The van der Waals surface area contributed by atoms with Gasteiger partial charge in [-0.25, -0.2) is 0 Å². The van der Waals surface area contributed by atoms with Gasteiger partial charge in [-0.2, -0.15) is 0 Å². The molecule has 0 spiro atoms. The number of fused-ring (bicyclic) bond motifs is 1. The predicted molar refractivity (Wildman–Crippen MR) is 68.8 cm³/mol. The van der Waals surface area contributed by atoms with Crippen LogP contribution in [0.3, 0.4) is 0 Å². The van der Waals surface area contributed by atoms with Gasteiger partial charge in [0, 0.05) is 13.5 Å². The van der Waals surface area contributed by atoms with E-state index < -0.39 is 6.10 Å². The summed E-state index contributed by atoms with van der Waals surface area (Å²) in [5.41, 5.74) is 1.78. The van der Waals surface area contributed by atoms with E-state index in [1.165, 1.54) is 5.56 Å². The molecule has 1 aromatic carbocycles. The Labute approximate surface area is 108 Å². The first-order chi connectivity index (χ1) is 8.75. The molecule has 1 atom stereocenters. The van der Waals surface area contributed by atoms with Crippen molar-refractivity contribution in [3.8, 4) is 5.75 Å². The van der Waals surface area contributed by atoms with Crippen molar-refractivity contribution in [2.45, 2.75) is 43.8 Å². The molecule has 0 bridgehead atoms. The standard InChI is InChI=1S/C15H20O3/c1-17-15(7-2-3-8-15)14(16)12-4-5-13-11(10-12)6-9-18-13/h4-5,10,14,16H,2-3,6-9H2,1H3. The molecule has 1 aliphatic heterocycles. The number of ether oxygens (including phenoxy) is 2. The zero-order valence-corrected chi connectivity index (χ0v) is 10.8. The summed E-state index contributed by atoms with van der Waals surface area (Å²) in [6.07, 6.45) is 4.57. The fourth-order valence-corrected chi connectivity index (χ4v) is 3.24. The van der Waals surface area contributed by atoms with Gasteiger partial charge in [0.2, 0.25) is 0 Å². The summed E-state index contributed by atoms with van der Waals surface area (Å²) in [5, 5.41) is 10.6. The Balaban J connectivity index is 1.89. The minimum Gasteiger partial charge on any atom is -0.493 e. The number of methoxy groups -OCH3 is 1. The summed E-state index contributed by atoms with van der Waals surface area (Å²) in [5.74, 6) is 0.962. The maximum atomic E-state index is 10.6. The van der Waals surface area contributed by atoms with Crippen molar-refractivity contribution in [3.05, 3.63) is 29.3 Å². The number of hydrogen-bond acceptors (Lipinski definition) is 3. The Bertz CT molecular complexity index is 435. The van der Waals surface area contributed by atoms with Gasteiger partial charge < -0.3 is 14.6 Å². The van der Waals surface area contributed by atoms with Gasteiger partial charge in [-0.1, -0.05) is 18.9 Å². The lowest BCUT2D eigenvalue weighted by Gasteiger charge is -2.33. The first kappa shape index (κ1) is 12.0. The third-order valence-electron chi connectivity index (χ3n) is 4.38. The van der Waals surface area contributed by atoms with Gasteiger partial charge in [-0.3, -0.25) is 0 Å². The third kappa shape index (κ3) is 1.82. The van der Waals surface area contributed by atoms with Crippen molar-refractivity contribution in [3.63, 3.8) is 0 Å². The molecular weight excluding hydrogens is 228 g/mol. The minimum absolute atomic E-state index is 0.381. The molecule has 98 valence electrons. The lowest BCUT2D eigenvalue weighted by atomic mass is 9.88. The van der Waals surface area contributed by atoms with Crippen molar-refractivity contribution in [1.29, 1.82) is 0 Å². The highest BCUT2D eigenvalue weighted by molar-refractivity contribution is 5.41. The molecule has 1 saturated carbocycles. The molecule has 0 amide bonds. The molecule has 18 heavy (non-hydrogen) atoms. The Hall–Kier alpha value is -1.06. The fraction of sp³-hybridized carbons (Fsp3) is 0.600. The van der Waals surface area contributed by atoms with E-state index in [0.717, 1.165) is 50.0 Å². The fourth-order valence-electron chi connectivity index (χ4n) is 3.24. The van der Waals surface area contributed by atoms with E-state index in [2.05, 4.69) is 6.07 Å². The Morgan fingerprint density at radius 1 is 1.33 bits per heavy atom. The van der Waals surface area contributed by atoms with Crippen LogP contribution in [0.25, 0.3) is 0 Å². The largest absolute Gasteiger partial charge is 0.493 e. The topological polar surface area (TPSA) is 38.7 Å². The first-order valence-corrected chi connectivity index (χ1v) is 6.74. The Kier molecular flexibility index (Phi) is 3.04. The molecule has 3 heteroatoms. The average Bonchev–Trinajstić information content (AvgIpc) is 3.06. The summed E-state index contributed by atoms with van der Waals surface area (Å²) >= 11 is 0. The second kappa shape index (κ2) is 4.56. The van der Waals surface area contributed by atoms with Gasteiger partial charge in [0.05, 0.1) is 12.2 Å². The van der Waals surface area contributed by atoms with Crippen LogP contribution in [0.1, 0.15) is 42.9 Å². The van der Waals surface area contributed by atoms with Crippen molar-refractivity contribution in [1.82, 2.24) is 0 Å². The lowest BCUT2D eigenvalue weighted by Crippen LogP contribution is -2.35. The monoisotopic (exact) mass is 248 g/mol. The molecule has 0 saturated heterocycles. The second-order valence-electron chi connectivity index (χ2n) is 5.34. The number of benzene rings is 1. The van der Waals surface area contributed by atoms with E-state index in [0.29, 0.717) is 0 Å². The number of aliphatic hydroxyl groups excluding tert-OH is 1. The molecule has 1 unspecified atom stereocenters. The molecular formula is C15H20O3. The molecule has 1 N–H and O–H groups in total. The summed E-state index contributed by atoms with van der Waals surface area (Å²) < 4.78 is 11.2. The van der Waals surface area contributed by atoms with Crippen LogP contribution in [0.5, 0.6) is 5.75 Å². The van der Waals surface area contributed by atoms with Crippen LogP contribution in [-0.2, 0) is 11.2 Å². The second-order valence-corrected chi connectivity index (χ2v) is 5.34. The van der Waals surface area contributed by atoms with E-state index >= 15 is 0 Å². The van der Waals surface area contributed by atoms with Crippen molar-refractivity contribution in [2.24, 2.45) is 0 Å². The van der Waals surface area contributed by atoms with Crippen LogP contribution in [-0.4, -0.2) is 24.4 Å². The van der Waals surface area contributed by atoms with E-state index in [1.54, 1.807) is 7.11 Å². The first-order valence-electron chi connectivity index (χ1n) is 6.74. The van der Waals surface area contributed by atoms with Gasteiger partial charge in [0.1, 0.15) is 11.9 Å². The van der Waals surface area contributed by atoms with Crippen molar-refractivity contribution < 1.29 is 14.6 Å². The molecule has 1 aromatic rings. The molecule has 1 heterocycles. The summed E-state index contributed by atoms with van der Waals surface area (Å²) in [4.78, 5) is 0. The number of hydrogen-bond donors (Lipinski definition) is 1. The van der Waals surface area contributed by atoms with Crippen LogP contribution in [0, 0.1) is 0 Å². The van der Waals surface area contributed by atoms with Gasteiger partial charge >= 0.3 is 0 Å². The Morgan fingerprint density at radius 2 is 2.11 bits per heavy atom. The van der Waals surface area contributed by atoms with E-state index in [1.807, 2.05) is 12.1 Å². The maximum absolute atomic E-state index is 10.6.